The van der Waals surface area contributed by atoms with Gasteiger partial charge in [0.15, 0.2) is 5.75 Å². The zero-order valence-electron chi connectivity index (χ0n) is 10.6. The highest BCUT2D eigenvalue weighted by molar-refractivity contribution is 7.81. The lowest BCUT2D eigenvalue weighted by Crippen LogP contribution is -2.10. The quantitative estimate of drug-likeness (QED) is 0.432. The van der Waals surface area contributed by atoms with E-state index in [9.17, 15) is 22.8 Å². The number of aromatic carboxylic acids is 1. The molecule has 0 unspecified atom stereocenters. The van der Waals surface area contributed by atoms with Crippen LogP contribution in [0.25, 0.3) is 0 Å². The van der Waals surface area contributed by atoms with Crippen LogP contribution in [0.15, 0.2) is 36.4 Å². The van der Waals surface area contributed by atoms with E-state index in [0.29, 0.717) is 12.2 Å². The molecule has 22 heavy (non-hydrogen) atoms. The maximum Gasteiger partial charge on any atom is 0.446 e. The third-order valence-corrected chi connectivity index (χ3v) is 2.07. The summed E-state index contributed by atoms with van der Waals surface area (Å²) in [5.74, 6) is -4.29. The van der Waals surface area contributed by atoms with Crippen LogP contribution in [0.1, 0.15) is 10.4 Å². The Morgan fingerprint density at radius 2 is 1.41 bits per heavy atom. The normalized spacial score (nSPS) is 10.4. The van der Waals surface area contributed by atoms with Crippen molar-refractivity contribution in [3.8, 4) is 5.75 Å². The molecule has 10 nitrogen and oxygen atoms in total. The van der Waals surface area contributed by atoms with Gasteiger partial charge in [-0.15, -0.1) is 0 Å². The molecule has 4 N–H and O–H groups in total. The second-order valence-electron chi connectivity index (χ2n) is 3.32. The summed E-state index contributed by atoms with van der Waals surface area (Å²) >= 11 is 0. The zero-order chi connectivity index (χ0) is 17.3. The fourth-order valence-corrected chi connectivity index (χ4v) is 1.34. The number of hydrogen-bond donors (Lipinski definition) is 4. The highest BCUT2D eigenvalue weighted by atomic mass is 32.3. The summed E-state index contributed by atoms with van der Waals surface area (Å²) in [6.45, 7) is 0. The first-order valence-corrected chi connectivity index (χ1v) is 6.52. The predicted octanol–water partition coefficient (Wildman–Crippen LogP) is 0.278. The van der Waals surface area contributed by atoms with Gasteiger partial charge < -0.3 is 19.5 Å². The highest BCUT2D eigenvalue weighted by Crippen LogP contribution is 2.18. The van der Waals surface area contributed by atoms with Crippen LogP contribution >= 0.6 is 0 Å². The smallest absolute Gasteiger partial charge is 0.446 e. The van der Waals surface area contributed by atoms with E-state index < -0.39 is 34.1 Å². The Balaban J connectivity index is 0.000000472. The molecule has 0 amide bonds. The van der Waals surface area contributed by atoms with Crippen molar-refractivity contribution >= 4 is 28.3 Å². The summed E-state index contributed by atoms with van der Waals surface area (Å²) in [5.41, 5.74) is -0.342. The van der Waals surface area contributed by atoms with Crippen molar-refractivity contribution in [2.45, 2.75) is 0 Å². The topological polar surface area (TPSA) is 175 Å². The van der Waals surface area contributed by atoms with Gasteiger partial charge in [0.05, 0.1) is 0 Å². The largest absolute Gasteiger partial charge is 0.478 e. The van der Waals surface area contributed by atoms with Crippen molar-refractivity contribution < 1.29 is 46.9 Å². The van der Waals surface area contributed by atoms with E-state index in [1.54, 1.807) is 0 Å². The molecule has 0 aliphatic heterocycles. The first-order chi connectivity index (χ1) is 10.0. The summed E-state index contributed by atoms with van der Waals surface area (Å²) in [7, 11) is -4.70. The lowest BCUT2D eigenvalue weighted by Gasteiger charge is -2.03. The molecule has 0 saturated heterocycles. The molecule has 0 saturated carbocycles. The third kappa shape index (κ3) is 9.06. The van der Waals surface area contributed by atoms with Gasteiger partial charge in [0.1, 0.15) is 5.56 Å². The van der Waals surface area contributed by atoms with E-state index in [2.05, 4.69) is 4.18 Å². The average molecular weight is 334 g/mol. The summed E-state index contributed by atoms with van der Waals surface area (Å²) in [4.78, 5) is 29.7. The molecule has 0 aliphatic rings. The molecule has 0 spiro atoms. The summed E-state index contributed by atoms with van der Waals surface area (Å²) in [6.07, 6.45) is 1.12. The monoisotopic (exact) mass is 334 g/mol. The molecule has 0 radical (unpaired) electrons. The molecule has 0 aromatic heterocycles. The minimum Gasteiger partial charge on any atom is -0.478 e. The number of carboxylic acid groups (broad SMARTS) is 3. The molecule has 1 aromatic rings. The van der Waals surface area contributed by atoms with E-state index in [1.165, 1.54) is 12.1 Å². The van der Waals surface area contributed by atoms with Gasteiger partial charge in [-0.2, -0.15) is 8.42 Å². The van der Waals surface area contributed by atoms with Crippen molar-refractivity contribution in [3.63, 3.8) is 0 Å². The number of aliphatic carboxylic acids is 2. The summed E-state index contributed by atoms with van der Waals surface area (Å²) < 4.78 is 33.0. The Labute approximate surface area is 123 Å². The van der Waals surface area contributed by atoms with Crippen molar-refractivity contribution in [3.05, 3.63) is 42.0 Å². The minimum absolute atomic E-state index is 0.342. The molecule has 0 aliphatic carbocycles. The molecule has 1 aromatic carbocycles. The molecule has 11 heteroatoms. The molecule has 0 fully saturated rings. The number of carbonyl (C=O) groups is 3. The fraction of sp³-hybridized carbons (Fsp3) is 0. The Morgan fingerprint density at radius 1 is 0.955 bits per heavy atom. The van der Waals surface area contributed by atoms with Gasteiger partial charge in [-0.1, -0.05) is 12.1 Å². The second-order valence-corrected chi connectivity index (χ2v) is 4.34. The van der Waals surface area contributed by atoms with Crippen LogP contribution in [-0.2, 0) is 20.0 Å². The molecular weight excluding hydrogens is 324 g/mol. The van der Waals surface area contributed by atoms with Gasteiger partial charge in [-0.25, -0.2) is 14.4 Å². The Bertz CT molecular complexity index is 673. The SMILES string of the molecule is O=C(O)/C=C\C(=O)O.O=C(O)c1ccccc1OS(=O)(=O)O. The van der Waals surface area contributed by atoms with E-state index in [1.807, 2.05) is 0 Å². The Kier molecular flexibility index (Phi) is 7.27. The number of hydrogen-bond acceptors (Lipinski definition) is 6. The predicted molar refractivity (Wildman–Crippen MR) is 70.0 cm³/mol. The third-order valence-electron chi connectivity index (χ3n) is 1.68. The van der Waals surface area contributed by atoms with Crippen LogP contribution in [0, 0.1) is 0 Å². The number of carboxylic acids is 3. The van der Waals surface area contributed by atoms with Crippen molar-refractivity contribution in [1.29, 1.82) is 0 Å². The molecular formula is C11H10O10S. The molecule has 0 atom stereocenters. The average Bonchev–Trinajstić information content (AvgIpc) is 2.35. The van der Waals surface area contributed by atoms with E-state index in [-0.39, 0.29) is 5.56 Å². The maximum atomic E-state index is 10.6. The number of para-hydroxylation sites is 1. The van der Waals surface area contributed by atoms with Gasteiger partial charge in [-0.3, -0.25) is 4.55 Å². The van der Waals surface area contributed by atoms with Gasteiger partial charge in [0, 0.05) is 12.2 Å². The van der Waals surface area contributed by atoms with Crippen LogP contribution in [-0.4, -0.2) is 46.2 Å². The summed E-state index contributed by atoms with van der Waals surface area (Å²) in [6, 6.07) is 5.06. The number of rotatable bonds is 5. The van der Waals surface area contributed by atoms with Gasteiger partial charge in [0.25, 0.3) is 0 Å². The highest BCUT2D eigenvalue weighted by Gasteiger charge is 2.15. The molecule has 1 rings (SSSR count). The van der Waals surface area contributed by atoms with Gasteiger partial charge >= 0.3 is 28.3 Å². The van der Waals surface area contributed by atoms with Crippen molar-refractivity contribution in [1.82, 2.24) is 0 Å². The van der Waals surface area contributed by atoms with E-state index >= 15 is 0 Å². The standard InChI is InChI=1S/C7H6O6S.C4H4O4/c8-7(9)5-3-1-2-4-6(5)13-14(10,11)12;5-3(6)1-2-4(7)8/h1-4H,(H,8,9)(H,10,11,12);1-2H,(H,5,6)(H,7,8)/b;2-1-. The van der Waals surface area contributed by atoms with Gasteiger partial charge in [-0.05, 0) is 12.1 Å². The van der Waals surface area contributed by atoms with Crippen molar-refractivity contribution in [2.75, 3.05) is 0 Å². The fourth-order valence-electron chi connectivity index (χ4n) is 0.972. The van der Waals surface area contributed by atoms with Crippen LogP contribution < -0.4 is 4.18 Å². The van der Waals surface area contributed by atoms with Crippen LogP contribution in [0.3, 0.4) is 0 Å². The molecule has 120 valence electrons. The number of benzene rings is 1. The van der Waals surface area contributed by atoms with Crippen molar-refractivity contribution in [2.24, 2.45) is 0 Å². The second kappa shape index (κ2) is 8.39. The maximum absolute atomic E-state index is 10.6. The van der Waals surface area contributed by atoms with Gasteiger partial charge in [0.2, 0.25) is 0 Å². The zero-order valence-corrected chi connectivity index (χ0v) is 11.4. The van der Waals surface area contributed by atoms with Crippen LogP contribution in [0.2, 0.25) is 0 Å². The molecule has 0 bridgehead atoms. The summed E-state index contributed by atoms with van der Waals surface area (Å²) in [5, 5.41) is 24.2. The molecule has 0 heterocycles. The van der Waals surface area contributed by atoms with E-state index in [0.717, 1.165) is 12.1 Å². The lowest BCUT2D eigenvalue weighted by atomic mass is 10.2. The van der Waals surface area contributed by atoms with Crippen LogP contribution in [0.4, 0.5) is 0 Å². The first kappa shape index (κ1) is 19.1. The van der Waals surface area contributed by atoms with Crippen LogP contribution in [0.5, 0.6) is 5.75 Å². The lowest BCUT2D eigenvalue weighted by molar-refractivity contribution is -0.134. The minimum atomic E-state index is -4.70. The first-order valence-electron chi connectivity index (χ1n) is 5.16. The van der Waals surface area contributed by atoms with E-state index in [4.69, 9.17) is 19.9 Å². The Hall–Kier alpha value is -2.92. The Morgan fingerprint density at radius 3 is 1.77 bits per heavy atom.